The number of amides is 2. The summed E-state index contributed by atoms with van der Waals surface area (Å²) in [5.74, 6) is 0.344. The molecule has 9 heteroatoms. The highest BCUT2D eigenvalue weighted by Crippen LogP contribution is 2.28. The van der Waals surface area contributed by atoms with Crippen molar-refractivity contribution in [1.82, 2.24) is 24.6 Å². The van der Waals surface area contributed by atoms with Crippen LogP contribution in [0.5, 0.6) is 0 Å². The van der Waals surface area contributed by atoms with E-state index in [-0.39, 0.29) is 11.7 Å². The quantitative estimate of drug-likeness (QED) is 0.910. The second-order valence-electron chi connectivity index (χ2n) is 5.60. The van der Waals surface area contributed by atoms with Gasteiger partial charge < -0.3 is 15.2 Å². The molecule has 1 saturated heterocycles. The lowest BCUT2D eigenvalue weighted by Gasteiger charge is -2.31. The molecule has 23 heavy (non-hydrogen) atoms. The zero-order chi connectivity index (χ0) is 16.4. The SMILES string of the molecule is Cn1cc(NC(=O)N2CCC(c3cnc[nH]3)CC2)c(C(F)F)n1. The van der Waals surface area contributed by atoms with Crippen LogP contribution in [0, 0.1) is 0 Å². The van der Waals surface area contributed by atoms with E-state index in [4.69, 9.17) is 0 Å². The first-order chi connectivity index (χ1) is 11.0. The molecule has 0 aromatic carbocycles. The number of anilines is 1. The molecule has 0 atom stereocenters. The third kappa shape index (κ3) is 3.33. The molecule has 0 spiro atoms. The maximum absolute atomic E-state index is 12.9. The summed E-state index contributed by atoms with van der Waals surface area (Å²) < 4.78 is 27.0. The van der Waals surface area contributed by atoms with Gasteiger partial charge in [0.15, 0.2) is 5.69 Å². The van der Waals surface area contributed by atoms with Crippen LogP contribution < -0.4 is 5.32 Å². The first-order valence-electron chi connectivity index (χ1n) is 7.40. The van der Waals surface area contributed by atoms with Gasteiger partial charge in [0, 0.05) is 44.1 Å². The number of aromatic nitrogens is 4. The van der Waals surface area contributed by atoms with E-state index < -0.39 is 12.1 Å². The number of nitrogens with zero attached hydrogens (tertiary/aromatic N) is 4. The van der Waals surface area contributed by atoms with Gasteiger partial charge in [0.1, 0.15) is 0 Å². The van der Waals surface area contributed by atoms with Gasteiger partial charge in [-0.05, 0) is 12.8 Å². The monoisotopic (exact) mass is 324 g/mol. The number of alkyl halides is 2. The molecule has 3 heterocycles. The molecule has 124 valence electrons. The van der Waals surface area contributed by atoms with Crippen LogP contribution in [0.15, 0.2) is 18.7 Å². The van der Waals surface area contributed by atoms with Gasteiger partial charge >= 0.3 is 6.03 Å². The Labute approximate surface area is 131 Å². The molecule has 0 radical (unpaired) electrons. The molecular weight excluding hydrogens is 306 g/mol. The Bertz CT molecular complexity index is 661. The molecule has 0 aliphatic carbocycles. The summed E-state index contributed by atoms with van der Waals surface area (Å²) in [5.41, 5.74) is 0.716. The number of aromatic amines is 1. The van der Waals surface area contributed by atoms with Crippen molar-refractivity contribution in [1.29, 1.82) is 0 Å². The Balaban J connectivity index is 1.60. The van der Waals surface area contributed by atoms with Crippen LogP contribution >= 0.6 is 0 Å². The van der Waals surface area contributed by atoms with Crippen molar-refractivity contribution in [3.63, 3.8) is 0 Å². The van der Waals surface area contributed by atoms with Crippen LogP contribution in [0.1, 0.15) is 36.6 Å². The molecule has 2 aromatic heterocycles. The van der Waals surface area contributed by atoms with Crippen LogP contribution in [0.3, 0.4) is 0 Å². The number of piperidine rings is 1. The van der Waals surface area contributed by atoms with E-state index >= 15 is 0 Å². The van der Waals surface area contributed by atoms with Crippen LogP contribution in [-0.2, 0) is 7.05 Å². The van der Waals surface area contributed by atoms with Gasteiger partial charge in [0.2, 0.25) is 0 Å². The minimum atomic E-state index is -2.72. The lowest BCUT2D eigenvalue weighted by Crippen LogP contribution is -2.40. The number of carbonyl (C=O) groups is 1. The Hall–Kier alpha value is -2.45. The average Bonchev–Trinajstić information content (AvgIpc) is 3.17. The summed E-state index contributed by atoms with van der Waals surface area (Å²) in [5, 5.41) is 6.21. The Morgan fingerprint density at radius 2 is 2.17 bits per heavy atom. The normalized spacial score (nSPS) is 16.1. The summed E-state index contributed by atoms with van der Waals surface area (Å²) >= 11 is 0. The number of likely N-dealkylation sites (tertiary alicyclic amines) is 1. The molecule has 0 saturated carbocycles. The van der Waals surface area contributed by atoms with Crippen molar-refractivity contribution in [3.05, 3.63) is 30.1 Å². The van der Waals surface area contributed by atoms with Crippen LogP contribution in [0.4, 0.5) is 19.3 Å². The summed E-state index contributed by atoms with van der Waals surface area (Å²) in [6.07, 6.45) is 3.72. The maximum Gasteiger partial charge on any atom is 0.321 e. The fraction of sp³-hybridized carbons (Fsp3) is 0.500. The van der Waals surface area contributed by atoms with E-state index in [0.29, 0.717) is 19.0 Å². The molecule has 2 N–H and O–H groups in total. The number of hydrogen-bond donors (Lipinski definition) is 2. The van der Waals surface area contributed by atoms with Gasteiger partial charge in [-0.2, -0.15) is 5.10 Å². The average molecular weight is 324 g/mol. The molecule has 1 aliphatic rings. The molecule has 0 bridgehead atoms. The van der Waals surface area contributed by atoms with E-state index in [1.807, 2.05) is 0 Å². The Kier molecular flexibility index (Phi) is 4.26. The first kappa shape index (κ1) is 15.4. The number of urea groups is 1. The van der Waals surface area contributed by atoms with Crippen molar-refractivity contribution in [3.8, 4) is 0 Å². The Morgan fingerprint density at radius 1 is 1.43 bits per heavy atom. The summed E-state index contributed by atoms with van der Waals surface area (Å²) in [7, 11) is 1.54. The van der Waals surface area contributed by atoms with Crippen molar-refractivity contribution in [2.24, 2.45) is 7.05 Å². The van der Waals surface area contributed by atoms with Crippen molar-refractivity contribution < 1.29 is 13.6 Å². The smallest absolute Gasteiger partial charge is 0.321 e. The molecule has 2 amide bonds. The number of nitrogens with one attached hydrogen (secondary N) is 2. The number of rotatable bonds is 3. The third-order valence-corrected chi connectivity index (χ3v) is 4.05. The van der Waals surface area contributed by atoms with Gasteiger partial charge in [-0.1, -0.05) is 0 Å². The minimum Gasteiger partial charge on any atom is -0.348 e. The summed E-state index contributed by atoms with van der Waals surface area (Å²) in [6.45, 7) is 1.14. The highest BCUT2D eigenvalue weighted by atomic mass is 19.3. The van der Waals surface area contributed by atoms with Gasteiger partial charge in [0.05, 0.1) is 12.0 Å². The summed E-state index contributed by atoms with van der Waals surface area (Å²) in [4.78, 5) is 21.0. The van der Waals surface area contributed by atoms with Gasteiger partial charge in [0.25, 0.3) is 6.43 Å². The largest absolute Gasteiger partial charge is 0.348 e. The zero-order valence-electron chi connectivity index (χ0n) is 12.7. The fourth-order valence-corrected chi connectivity index (χ4v) is 2.84. The van der Waals surface area contributed by atoms with Crippen LogP contribution in [0.25, 0.3) is 0 Å². The van der Waals surface area contributed by atoms with E-state index in [9.17, 15) is 13.6 Å². The molecule has 0 unspecified atom stereocenters. The van der Waals surface area contributed by atoms with E-state index in [0.717, 1.165) is 18.5 Å². The van der Waals surface area contributed by atoms with Gasteiger partial charge in [-0.3, -0.25) is 4.68 Å². The number of aryl methyl sites for hydroxylation is 1. The first-order valence-corrected chi connectivity index (χ1v) is 7.40. The highest BCUT2D eigenvalue weighted by molar-refractivity contribution is 5.89. The predicted molar refractivity (Wildman–Crippen MR) is 79.3 cm³/mol. The number of hydrogen-bond acceptors (Lipinski definition) is 3. The fourth-order valence-electron chi connectivity index (χ4n) is 2.84. The standard InChI is InChI=1S/C14H18F2N6O/c1-21-7-11(12(20-21)13(15)16)19-14(23)22-4-2-9(3-5-22)10-6-17-8-18-10/h6-9,13H,2-5H2,1H3,(H,17,18)(H,19,23). The molecular formula is C14H18F2N6O. The highest BCUT2D eigenvalue weighted by Gasteiger charge is 2.26. The van der Waals surface area contributed by atoms with E-state index in [2.05, 4.69) is 20.4 Å². The van der Waals surface area contributed by atoms with Crippen molar-refractivity contribution >= 4 is 11.7 Å². The second-order valence-corrected chi connectivity index (χ2v) is 5.60. The molecule has 1 fully saturated rings. The number of carbonyl (C=O) groups excluding carboxylic acids is 1. The number of halogens is 2. The van der Waals surface area contributed by atoms with Crippen LogP contribution in [0.2, 0.25) is 0 Å². The van der Waals surface area contributed by atoms with Crippen LogP contribution in [-0.4, -0.2) is 43.8 Å². The predicted octanol–water partition coefficient (Wildman–Crippen LogP) is 2.49. The minimum absolute atomic E-state index is 0.0585. The van der Waals surface area contributed by atoms with Gasteiger partial charge in [-0.15, -0.1) is 0 Å². The third-order valence-electron chi connectivity index (χ3n) is 4.05. The lowest BCUT2D eigenvalue weighted by atomic mass is 9.94. The van der Waals surface area contributed by atoms with E-state index in [1.165, 1.54) is 17.9 Å². The number of imidazole rings is 1. The zero-order valence-corrected chi connectivity index (χ0v) is 12.7. The molecule has 3 rings (SSSR count). The van der Waals surface area contributed by atoms with Gasteiger partial charge in [-0.25, -0.2) is 18.6 Å². The molecule has 7 nitrogen and oxygen atoms in total. The molecule has 2 aromatic rings. The van der Waals surface area contributed by atoms with E-state index in [1.54, 1.807) is 17.4 Å². The Morgan fingerprint density at radius 3 is 2.78 bits per heavy atom. The maximum atomic E-state index is 12.9. The van der Waals surface area contributed by atoms with Crippen molar-refractivity contribution in [2.75, 3.05) is 18.4 Å². The second kappa shape index (κ2) is 6.35. The molecule has 1 aliphatic heterocycles. The lowest BCUT2D eigenvalue weighted by molar-refractivity contribution is 0.146. The topological polar surface area (TPSA) is 78.8 Å². The van der Waals surface area contributed by atoms with Crippen molar-refractivity contribution in [2.45, 2.75) is 25.2 Å². The number of H-pyrrole nitrogens is 1. The summed E-state index contributed by atoms with van der Waals surface area (Å²) in [6, 6.07) is -0.372.